The van der Waals surface area contributed by atoms with Gasteiger partial charge in [0.05, 0.1) is 0 Å². The first kappa shape index (κ1) is 11.7. The van der Waals surface area contributed by atoms with Crippen molar-refractivity contribution in [2.75, 3.05) is 6.54 Å². The van der Waals surface area contributed by atoms with Gasteiger partial charge in [0.25, 0.3) is 0 Å². The van der Waals surface area contributed by atoms with E-state index in [0.717, 1.165) is 5.56 Å². The molecule has 0 aliphatic carbocycles. The molecule has 1 aromatic carbocycles. The minimum absolute atomic E-state index is 0.0859. The minimum atomic E-state index is 0.0859. The molecule has 1 aromatic rings. The third-order valence-electron chi connectivity index (χ3n) is 2.61. The molecule has 86 valence electrons. The number of carbonyl (C=O) groups is 1. The summed E-state index contributed by atoms with van der Waals surface area (Å²) in [6, 6.07) is 5.60. The Labute approximate surface area is 104 Å². The first-order valence-corrected chi connectivity index (χ1v) is 5.85. The van der Waals surface area contributed by atoms with E-state index in [1.54, 1.807) is 0 Å². The second-order valence-corrected chi connectivity index (χ2v) is 4.60. The third-order valence-corrected chi connectivity index (χ3v) is 3.31. The largest absolute Gasteiger partial charge is 0.354 e. The Morgan fingerprint density at radius 2 is 2.06 bits per heavy atom. The molecular formula is C11H12Cl2N2O. The highest BCUT2D eigenvalue weighted by molar-refractivity contribution is 6.35. The highest BCUT2D eigenvalue weighted by atomic mass is 35.5. The predicted molar refractivity (Wildman–Crippen MR) is 64.7 cm³/mol. The molecule has 2 rings (SSSR count). The Bertz CT molecular complexity index is 389. The third kappa shape index (κ3) is 2.67. The maximum atomic E-state index is 11.0. The lowest BCUT2D eigenvalue weighted by Crippen LogP contribution is -2.30. The summed E-state index contributed by atoms with van der Waals surface area (Å²) in [6.45, 7) is 1.25. The van der Waals surface area contributed by atoms with Crippen LogP contribution in [0.25, 0.3) is 0 Å². The van der Waals surface area contributed by atoms with Gasteiger partial charge in [0.2, 0.25) is 5.91 Å². The molecule has 0 spiro atoms. The molecule has 2 N–H and O–H groups in total. The maximum Gasteiger partial charge on any atom is 0.221 e. The first-order chi connectivity index (χ1) is 7.66. The number of hydrogen-bond acceptors (Lipinski definition) is 2. The number of halogens is 2. The topological polar surface area (TPSA) is 41.1 Å². The number of amides is 1. The second kappa shape index (κ2) is 5.04. The number of carbonyl (C=O) groups excluding carboxylic acids is 1. The quantitative estimate of drug-likeness (QED) is 0.871. The van der Waals surface area contributed by atoms with Crippen molar-refractivity contribution in [2.45, 2.75) is 19.0 Å². The van der Waals surface area contributed by atoms with E-state index in [1.165, 1.54) is 0 Å². The minimum Gasteiger partial charge on any atom is -0.354 e. The van der Waals surface area contributed by atoms with Crippen LogP contribution in [0.3, 0.4) is 0 Å². The van der Waals surface area contributed by atoms with Gasteiger partial charge in [-0.25, -0.2) is 0 Å². The zero-order valence-electron chi connectivity index (χ0n) is 8.59. The highest BCUT2D eigenvalue weighted by Gasteiger charge is 2.21. The van der Waals surface area contributed by atoms with Gasteiger partial charge >= 0.3 is 0 Å². The van der Waals surface area contributed by atoms with Crippen LogP contribution in [-0.2, 0) is 11.3 Å². The summed E-state index contributed by atoms with van der Waals surface area (Å²) >= 11 is 12.1. The van der Waals surface area contributed by atoms with Crippen molar-refractivity contribution in [1.29, 1.82) is 0 Å². The zero-order chi connectivity index (χ0) is 11.5. The zero-order valence-corrected chi connectivity index (χ0v) is 10.1. The Kier molecular flexibility index (Phi) is 3.69. The predicted octanol–water partition coefficient (Wildman–Crippen LogP) is 1.97. The normalized spacial score (nSPS) is 19.9. The molecule has 0 bridgehead atoms. The molecule has 1 saturated heterocycles. The van der Waals surface area contributed by atoms with E-state index in [0.29, 0.717) is 29.6 Å². The van der Waals surface area contributed by atoms with Crippen LogP contribution in [0.15, 0.2) is 18.2 Å². The molecule has 1 aliphatic rings. The summed E-state index contributed by atoms with van der Waals surface area (Å²) in [5.74, 6) is 0.0859. The Balaban J connectivity index is 1.97. The molecule has 1 atom stereocenters. The second-order valence-electron chi connectivity index (χ2n) is 3.79. The lowest BCUT2D eigenvalue weighted by atomic mass is 10.2. The number of nitrogens with one attached hydrogen (secondary N) is 2. The number of rotatable bonds is 3. The van der Waals surface area contributed by atoms with Gasteiger partial charge in [0.15, 0.2) is 0 Å². The van der Waals surface area contributed by atoms with Crippen molar-refractivity contribution in [1.82, 2.24) is 10.6 Å². The van der Waals surface area contributed by atoms with Crippen LogP contribution in [0.1, 0.15) is 12.0 Å². The average molecular weight is 259 g/mol. The van der Waals surface area contributed by atoms with E-state index in [9.17, 15) is 4.79 Å². The van der Waals surface area contributed by atoms with E-state index in [2.05, 4.69) is 10.6 Å². The molecule has 16 heavy (non-hydrogen) atoms. The van der Waals surface area contributed by atoms with Crippen molar-refractivity contribution in [2.24, 2.45) is 0 Å². The van der Waals surface area contributed by atoms with Gasteiger partial charge in [0.1, 0.15) is 0 Å². The summed E-state index contributed by atoms with van der Waals surface area (Å²) < 4.78 is 0. The summed E-state index contributed by atoms with van der Waals surface area (Å²) in [7, 11) is 0. The van der Waals surface area contributed by atoms with Crippen LogP contribution in [-0.4, -0.2) is 18.5 Å². The van der Waals surface area contributed by atoms with E-state index in [1.807, 2.05) is 18.2 Å². The monoisotopic (exact) mass is 258 g/mol. The standard InChI is InChI=1S/C11H12Cl2N2O/c12-9-2-1-3-10(13)8(9)6-14-7-4-11(16)15-5-7/h1-3,7,14H,4-6H2,(H,15,16). The average Bonchev–Trinajstić information content (AvgIpc) is 2.63. The van der Waals surface area contributed by atoms with Gasteiger partial charge in [0, 0.05) is 41.2 Å². The fraction of sp³-hybridized carbons (Fsp3) is 0.364. The lowest BCUT2D eigenvalue weighted by Gasteiger charge is -2.12. The molecule has 1 heterocycles. The van der Waals surface area contributed by atoms with Crippen LogP contribution in [0, 0.1) is 0 Å². The van der Waals surface area contributed by atoms with Crippen LogP contribution >= 0.6 is 23.2 Å². The molecule has 1 unspecified atom stereocenters. The SMILES string of the molecule is O=C1CC(NCc2c(Cl)cccc2Cl)CN1. The smallest absolute Gasteiger partial charge is 0.221 e. The van der Waals surface area contributed by atoms with Crippen molar-refractivity contribution >= 4 is 29.1 Å². The van der Waals surface area contributed by atoms with Gasteiger partial charge in [-0.1, -0.05) is 29.3 Å². The summed E-state index contributed by atoms with van der Waals surface area (Å²) in [4.78, 5) is 11.0. The molecule has 1 aliphatic heterocycles. The van der Waals surface area contributed by atoms with Gasteiger partial charge < -0.3 is 10.6 Å². The maximum absolute atomic E-state index is 11.0. The molecular weight excluding hydrogens is 247 g/mol. The number of benzene rings is 1. The highest BCUT2D eigenvalue weighted by Crippen LogP contribution is 2.24. The van der Waals surface area contributed by atoms with Gasteiger partial charge in [-0.15, -0.1) is 0 Å². The summed E-state index contributed by atoms with van der Waals surface area (Å²) in [5, 5.41) is 7.33. The molecule has 0 saturated carbocycles. The fourth-order valence-electron chi connectivity index (χ4n) is 1.70. The van der Waals surface area contributed by atoms with Crippen molar-refractivity contribution in [3.05, 3.63) is 33.8 Å². The molecule has 0 aromatic heterocycles. The summed E-state index contributed by atoms with van der Waals surface area (Å²) in [6.07, 6.45) is 0.516. The van der Waals surface area contributed by atoms with E-state index in [-0.39, 0.29) is 11.9 Å². The molecule has 1 amide bonds. The van der Waals surface area contributed by atoms with E-state index >= 15 is 0 Å². The molecule has 5 heteroatoms. The number of hydrogen-bond donors (Lipinski definition) is 2. The van der Waals surface area contributed by atoms with Crippen molar-refractivity contribution < 1.29 is 4.79 Å². The van der Waals surface area contributed by atoms with Crippen molar-refractivity contribution in [3.63, 3.8) is 0 Å². The van der Waals surface area contributed by atoms with E-state index < -0.39 is 0 Å². The van der Waals surface area contributed by atoms with Gasteiger partial charge in [-0.2, -0.15) is 0 Å². The molecule has 3 nitrogen and oxygen atoms in total. The van der Waals surface area contributed by atoms with E-state index in [4.69, 9.17) is 23.2 Å². The van der Waals surface area contributed by atoms with Crippen molar-refractivity contribution in [3.8, 4) is 0 Å². The first-order valence-electron chi connectivity index (χ1n) is 5.10. The van der Waals surface area contributed by atoms with Crippen LogP contribution in [0.4, 0.5) is 0 Å². The van der Waals surface area contributed by atoms with Gasteiger partial charge in [-0.05, 0) is 12.1 Å². The Hall–Kier alpha value is -0.770. The van der Waals surface area contributed by atoms with Crippen LogP contribution in [0.5, 0.6) is 0 Å². The van der Waals surface area contributed by atoms with Crippen LogP contribution < -0.4 is 10.6 Å². The fourth-order valence-corrected chi connectivity index (χ4v) is 2.23. The Morgan fingerprint density at radius 1 is 1.38 bits per heavy atom. The molecule has 0 radical (unpaired) electrons. The lowest BCUT2D eigenvalue weighted by molar-refractivity contribution is -0.119. The Morgan fingerprint density at radius 3 is 2.62 bits per heavy atom. The molecule has 1 fully saturated rings. The van der Waals surface area contributed by atoms with Gasteiger partial charge in [-0.3, -0.25) is 4.79 Å². The van der Waals surface area contributed by atoms with Crippen LogP contribution in [0.2, 0.25) is 10.0 Å². The summed E-state index contributed by atoms with van der Waals surface area (Å²) in [5.41, 5.74) is 0.880.